The zero-order valence-corrected chi connectivity index (χ0v) is 24.0. The van der Waals surface area contributed by atoms with Crippen LogP contribution in [0.4, 0.5) is 10.1 Å². The van der Waals surface area contributed by atoms with Crippen molar-refractivity contribution < 1.29 is 27.1 Å². The first kappa shape index (κ1) is 30.6. The number of amides is 2. The third kappa shape index (κ3) is 7.38. The van der Waals surface area contributed by atoms with Crippen molar-refractivity contribution >= 4 is 27.5 Å². The largest absolute Gasteiger partial charge is 0.497 e. The Hall–Kier alpha value is -3.92. The van der Waals surface area contributed by atoms with Gasteiger partial charge in [0.2, 0.25) is 11.8 Å². The van der Waals surface area contributed by atoms with E-state index >= 15 is 0 Å². The van der Waals surface area contributed by atoms with Gasteiger partial charge in [0.05, 0.1) is 17.7 Å². The highest BCUT2D eigenvalue weighted by Gasteiger charge is 2.34. The predicted molar refractivity (Wildman–Crippen MR) is 153 cm³/mol. The van der Waals surface area contributed by atoms with E-state index in [0.29, 0.717) is 17.7 Å². The lowest BCUT2D eigenvalue weighted by Crippen LogP contribution is -2.53. The number of nitrogens with zero attached hydrogens (tertiary/aromatic N) is 2. The van der Waals surface area contributed by atoms with E-state index < -0.39 is 34.3 Å². The SMILES string of the molecule is CC[C@H](C(=O)N[C@@H](C)CC)N(Cc1cccc(OC)c1)C(=O)CN(c1ccccc1F)S(=O)(=O)c1ccccc1. The van der Waals surface area contributed by atoms with Crippen molar-refractivity contribution in [3.8, 4) is 5.75 Å². The molecule has 214 valence electrons. The van der Waals surface area contributed by atoms with Crippen LogP contribution in [0.1, 0.15) is 39.2 Å². The molecule has 0 aliphatic carbocycles. The fourth-order valence-corrected chi connectivity index (χ4v) is 5.66. The van der Waals surface area contributed by atoms with E-state index in [1.165, 1.54) is 42.3 Å². The number of ether oxygens (including phenoxy) is 1. The van der Waals surface area contributed by atoms with E-state index in [2.05, 4.69) is 5.32 Å². The molecule has 0 radical (unpaired) electrons. The van der Waals surface area contributed by atoms with Crippen LogP contribution in [-0.2, 0) is 26.2 Å². The van der Waals surface area contributed by atoms with Crippen LogP contribution < -0.4 is 14.4 Å². The van der Waals surface area contributed by atoms with Crippen molar-refractivity contribution in [1.29, 1.82) is 0 Å². The van der Waals surface area contributed by atoms with E-state index in [-0.39, 0.29) is 35.5 Å². The van der Waals surface area contributed by atoms with Crippen LogP contribution in [0.3, 0.4) is 0 Å². The summed E-state index contributed by atoms with van der Waals surface area (Å²) < 4.78 is 48.5. The molecule has 0 bridgehead atoms. The number of methoxy groups -OCH3 is 1. The minimum atomic E-state index is -4.34. The third-order valence-electron chi connectivity index (χ3n) is 6.61. The topological polar surface area (TPSA) is 96.0 Å². The van der Waals surface area contributed by atoms with Crippen molar-refractivity contribution in [2.45, 2.75) is 57.1 Å². The lowest BCUT2D eigenvalue weighted by atomic mass is 10.1. The van der Waals surface area contributed by atoms with Crippen LogP contribution in [0, 0.1) is 5.82 Å². The smallest absolute Gasteiger partial charge is 0.264 e. The average molecular weight is 570 g/mol. The third-order valence-corrected chi connectivity index (χ3v) is 8.38. The maximum absolute atomic E-state index is 15.0. The second-order valence-electron chi connectivity index (χ2n) is 9.39. The summed E-state index contributed by atoms with van der Waals surface area (Å²) >= 11 is 0. The summed E-state index contributed by atoms with van der Waals surface area (Å²) in [6.07, 6.45) is 0.978. The van der Waals surface area contributed by atoms with Crippen LogP contribution in [0.2, 0.25) is 0 Å². The number of carbonyl (C=O) groups is 2. The molecule has 0 aliphatic heterocycles. The Morgan fingerprint density at radius 2 is 1.62 bits per heavy atom. The van der Waals surface area contributed by atoms with Gasteiger partial charge in [0, 0.05) is 12.6 Å². The van der Waals surface area contributed by atoms with Gasteiger partial charge in [-0.1, -0.05) is 56.3 Å². The summed E-state index contributed by atoms with van der Waals surface area (Å²) in [5.74, 6) is -1.23. The van der Waals surface area contributed by atoms with Crippen LogP contribution in [0.15, 0.2) is 83.8 Å². The Morgan fingerprint density at radius 1 is 0.950 bits per heavy atom. The highest BCUT2D eigenvalue weighted by Crippen LogP contribution is 2.27. The molecule has 1 N–H and O–H groups in total. The molecule has 0 fully saturated rings. The molecule has 0 saturated heterocycles. The molecule has 0 heterocycles. The molecule has 40 heavy (non-hydrogen) atoms. The zero-order valence-electron chi connectivity index (χ0n) is 23.2. The van der Waals surface area contributed by atoms with Gasteiger partial charge in [-0.3, -0.25) is 13.9 Å². The first-order chi connectivity index (χ1) is 19.1. The number of hydrogen-bond donors (Lipinski definition) is 1. The second-order valence-corrected chi connectivity index (χ2v) is 11.3. The van der Waals surface area contributed by atoms with Crippen molar-refractivity contribution in [3.63, 3.8) is 0 Å². The number of hydrogen-bond acceptors (Lipinski definition) is 5. The summed E-state index contributed by atoms with van der Waals surface area (Å²) in [4.78, 5) is 28.6. The Balaban J connectivity index is 2.07. The van der Waals surface area contributed by atoms with Gasteiger partial charge >= 0.3 is 0 Å². The van der Waals surface area contributed by atoms with E-state index in [4.69, 9.17) is 4.74 Å². The maximum Gasteiger partial charge on any atom is 0.264 e. The summed E-state index contributed by atoms with van der Waals surface area (Å²) in [6, 6.07) is 19.0. The van der Waals surface area contributed by atoms with Crippen molar-refractivity contribution in [3.05, 3.63) is 90.2 Å². The van der Waals surface area contributed by atoms with Gasteiger partial charge < -0.3 is 15.0 Å². The van der Waals surface area contributed by atoms with Gasteiger partial charge in [0.15, 0.2) is 0 Å². The van der Waals surface area contributed by atoms with E-state index in [1.807, 2.05) is 13.8 Å². The van der Waals surface area contributed by atoms with Crippen molar-refractivity contribution in [2.75, 3.05) is 18.0 Å². The molecule has 8 nitrogen and oxygen atoms in total. The van der Waals surface area contributed by atoms with Gasteiger partial charge in [0.1, 0.15) is 24.2 Å². The standard InChI is InChI=1S/C30H36FN3O5S/c1-5-22(3)32-30(36)27(6-2)33(20-23-13-12-14-24(19-23)39-4)29(35)21-34(28-18-11-10-17-26(28)31)40(37,38)25-15-8-7-9-16-25/h7-19,22,27H,5-6,20-21H2,1-4H3,(H,32,36)/t22-,27+/m0/s1. The lowest BCUT2D eigenvalue weighted by Gasteiger charge is -2.33. The molecule has 2 atom stereocenters. The van der Waals surface area contributed by atoms with Crippen LogP contribution >= 0.6 is 0 Å². The maximum atomic E-state index is 15.0. The zero-order chi connectivity index (χ0) is 29.3. The summed E-state index contributed by atoms with van der Waals surface area (Å²) in [6.45, 7) is 4.88. The molecule has 3 rings (SSSR count). The minimum absolute atomic E-state index is 0.0129. The molecule has 0 aromatic heterocycles. The summed E-state index contributed by atoms with van der Waals surface area (Å²) in [5, 5.41) is 2.93. The molecule has 10 heteroatoms. The fourth-order valence-electron chi connectivity index (χ4n) is 4.22. The van der Waals surface area contributed by atoms with Gasteiger partial charge in [0.25, 0.3) is 10.0 Å². The van der Waals surface area contributed by atoms with Gasteiger partial charge in [-0.15, -0.1) is 0 Å². The molecule has 0 spiro atoms. The van der Waals surface area contributed by atoms with Crippen LogP contribution in [0.5, 0.6) is 5.75 Å². The lowest BCUT2D eigenvalue weighted by molar-refractivity contribution is -0.140. The highest BCUT2D eigenvalue weighted by molar-refractivity contribution is 7.92. The number of anilines is 1. The Morgan fingerprint density at radius 3 is 2.25 bits per heavy atom. The summed E-state index contributed by atoms with van der Waals surface area (Å²) in [5.41, 5.74) is 0.420. The Bertz CT molecular complexity index is 1400. The molecule has 2 amide bonds. The molecule has 0 aliphatic rings. The van der Waals surface area contributed by atoms with Crippen LogP contribution in [0.25, 0.3) is 0 Å². The van der Waals surface area contributed by atoms with E-state index in [1.54, 1.807) is 49.4 Å². The Labute approximate surface area is 235 Å². The molecule has 3 aromatic carbocycles. The van der Waals surface area contributed by atoms with E-state index in [9.17, 15) is 22.4 Å². The quantitative estimate of drug-likeness (QED) is 0.321. The predicted octanol–water partition coefficient (Wildman–Crippen LogP) is 4.75. The van der Waals surface area contributed by atoms with Gasteiger partial charge in [-0.2, -0.15) is 0 Å². The number of halogens is 1. The van der Waals surface area contributed by atoms with E-state index in [0.717, 1.165) is 10.4 Å². The second kappa shape index (κ2) is 13.9. The first-order valence-electron chi connectivity index (χ1n) is 13.2. The van der Waals surface area contributed by atoms with Crippen LogP contribution in [-0.4, -0.2) is 50.9 Å². The first-order valence-corrected chi connectivity index (χ1v) is 14.6. The molecule has 0 saturated carbocycles. The highest BCUT2D eigenvalue weighted by atomic mass is 32.2. The Kier molecular flexibility index (Phi) is 10.7. The monoisotopic (exact) mass is 569 g/mol. The number of benzene rings is 3. The molecule has 3 aromatic rings. The summed E-state index contributed by atoms with van der Waals surface area (Å²) in [7, 11) is -2.81. The van der Waals surface area contributed by atoms with Crippen molar-refractivity contribution in [2.24, 2.45) is 0 Å². The number of nitrogens with one attached hydrogen (secondary N) is 1. The number of carbonyl (C=O) groups excluding carboxylic acids is 2. The van der Waals surface area contributed by atoms with Gasteiger partial charge in [-0.25, -0.2) is 12.8 Å². The number of para-hydroxylation sites is 1. The van der Waals surface area contributed by atoms with Crippen molar-refractivity contribution in [1.82, 2.24) is 10.2 Å². The number of sulfonamides is 1. The number of rotatable bonds is 13. The average Bonchev–Trinajstić information content (AvgIpc) is 2.96. The molecular weight excluding hydrogens is 533 g/mol. The molecule has 0 unspecified atom stereocenters. The molecular formula is C30H36FN3O5S. The fraction of sp³-hybridized carbons (Fsp3) is 0.333. The van der Waals surface area contributed by atoms with Gasteiger partial charge in [-0.05, 0) is 61.7 Å². The normalized spacial score (nSPS) is 12.7. The minimum Gasteiger partial charge on any atom is -0.497 e.